The lowest BCUT2D eigenvalue weighted by atomic mass is 10.0. The number of nitrogens with zero attached hydrogens (tertiary/aromatic N) is 5. The number of rotatable bonds is 3. The van der Waals surface area contributed by atoms with Gasteiger partial charge in [0.15, 0.2) is 0 Å². The summed E-state index contributed by atoms with van der Waals surface area (Å²) in [6, 6.07) is 30.2. The maximum absolute atomic E-state index is 4.57. The molecule has 2 aliphatic rings. The Morgan fingerprint density at radius 2 is 1.58 bits per heavy atom. The highest BCUT2D eigenvalue weighted by atomic mass is 15.6. The molecule has 1 aromatic heterocycles. The van der Waals surface area contributed by atoms with Gasteiger partial charge >= 0.3 is 0 Å². The molecule has 0 atom stereocenters. The van der Waals surface area contributed by atoms with Crippen LogP contribution in [0.15, 0.2) is 96.2 Å². The van der Waals surface area contributed by atoms with E-state index in [1.54, 1.807) is 0 Å². The number of aryl methyl sites for hydroxylation is 2. The summed E-state index contributed by atoms with van der Waals surface area (Å²) < 4.78 is 0. The van der Waals surface area contributed by atoms with Crippen LogP contribution in [-0.4, -0.2) is 29.9 Å². The highest BCUT2D eigenvalue weighted by Gasteiger charge is 2.24. The molecule has 0 amide bonds. The van der Waals surface area contributed by atoms with Crippen molar-refractivity contribution in [1.29, 1.82) is 0 Å². The van der Waals surface area contributed by atoms with Gasteiger partial charge in [0, 0.05) is 30.2 Å². The predicted octanol–water partition coefficient (Wildman–Crippen LogP) is 5.97. The minimum atomic E-state index is 0.754. The lowest BCUT2D eigenvalue weighted by Crippen LogP contribution is -2.23. The van der Waals surface area contributed by atoms with Gasteiger partial charge in [0.2, 0.25) is 0 Å². The smallest absolute Gasteiger partial charge is 0.113 e. The Bertz CT molecular complexity index is 1330. The summed E-state index contributed by atoms with van der Waals surface area (Å²) in [5.41, 5.74) is 9.46. The summed E-state index contributed by atoms with van der Waals surface area (Å²) in [4.78, 5) is 9.05. The minimum Gasteiger partial charge on any atom is -0.345 e. The standard InChI is InChI=1S/C28H25N5/c1-31-19-30-32(20-31)24-15-14-22-13-12-21-7-2-3-11-27(21)33(28(22)18-24)25-9-6-8-23(17-25)26-10-4-5-16-29-26/h2-11,14-19H,12-13,20H2,1H3. The number of hydrazone groups is 1. The molecule has 6 rings (SSSR count). The lowest BCUT2D eigenvalue weighted by Gasteiger charge is -2.29. The van der Waals surface area contributed by atoms with E-state index in [0.29, 0.717) is 0 Å². The first-order valence-corrected chi connectivity index (χ1v) is 11.3. The number of pyridine rings is 1. The van der Waals surface area contributed by atoms with Gasteiger partial charge in [-0.3, -0.25) is 4.98 Å². The molecular formula is C28H25N5. The van der Waals surface area contributed by atoms with Gasteiger partial charge in [-0.1, -0.05) is 42.5 Å². The molecule has 162 valence electrons. The second-order valence-electron chi connectivity index (χ2n) is 8.57. The summed E-state index contributed by atoms with van der Waals surface area (Å²) in [5.74, 6) is 0. The van der Waals surface area contributed by atoms with Crippen molar-refractivity contribution < 1.29 is 0 Å². The van der Waals surface area contributed by atoms with Crippen LogP contribution in [0.5, 0.6) is 0 Å². The number of hydrogen-bond donors (Lipinski definition) is 0. The lowest BCUT2D eigenvalue weighted by molar-refractivity contribution is 0.549. The predicted molar refractivity (Wildman–Crippen MR) is 135 cm³/mol. The van der Waals surface area contributed by atoms with Gasteiger partial charge in [-0.15, -0.1) is 0 Å². The van der Waals surface area contributed by atoms with Crippen molar-refractivity contribution in [3.8, 4) is 11.3 Å². The number of hydrogen-bond acceptors (Lipinski definition) is 5. The molecule has 0 unspecified atom stereocenters. The number of para-hydroxylation sites is 1. The van der Waals surface area contributed by atoms with Crippen molar-refractivity contribution in [3.63, 3.8) is 0 Å². The van der Waals surface area contributed by atoms with Crippen LogP contribution in [0.3, 0.4) is 0 Å². The first-order chi connectivity index (χ1) is 16.3. The molecule has 5 heteroatoms. The van der Waals surface area contributed by atoms with Gasteiger partial charge in [0.05, 0.1) is 17.1 Å². The third-order valence-corrected chi connectivity index (χ3v) is 6.31. The van der Waals surface area contributed by atoms with Crippen molar-refractivity contribution in [1.82, 2.24) is 9.88 Å². The van der Waals surface area contributed by atoms with E-state index in [1.165, 1.54) is 22.5 Å². The summed E-state index contributed by atoms with van der Waals surface area (Å²) in [6.07, 6.45) is 5.74. The minimum absolute atomic E-state index is 0.754. The topological polar surface area (TPSA) is 35.0 Å². The Morgan fingerprint density at radius 1 is 0.727 bits per heavy atom. The summed E-state index contributed by atoms with van der Waals surface area (Å²) in [7, 11) is 2.04. The number of anilines is 4. The Labute approximate surface area is 194 Å². The normalized spacial score (nSPS) is 14.8. The van der Waals surface area contributed by atoms with Crippen molar-refractivity contribution >= 4 is 29.1 Å². The van der Waals surface area contributed by atoms with E-state index in [-0.39, 0.29) is 0 Å². The fourth-order valence-corrected chi connectivity index (χ4v) is 4.67. The third-order valence-electron chi connectivity index (χ3n) is 6.31. The van der Waals surface area contributed by atoms with Gasteiger partial charge in [-0.25, -0.2) is 5.01 Å². The van der Waals surface area contributed by atoms with Gasteiger partial charge < -0.3 is 9.80 Å². The average Bonchev–Trinajstić information content (AvgIpc) is 3.23. The van der Waals surface area contributed by atoms with E-state index in [4.69, 9.17) is 0 Å². The molecular weight excluding hydrogens is 406 g/mol. The van der Waals surface area contributed by atoms with Crippen molar-refractivity contribution in [2.45, 2.75) is 12.8 Å². The first-order valence-electron chi connectivity index (χ1n) is 11.3. The van der Waals surface area contributed by atoms with Gasteiger partial charge in [-0.2, -0.15) is 5.10 Å². The molecule has 33 heavy (non-hydrogen) atoms. The van der Waals surface area contributed by atoms with Crippen molar-refractivity contribution in [2.24, 2.45) is 5.10 Å². The molecule has 0 saturated carbocycles. The molecule has 3 heterocycles. The Hall–Kier alpha value is -4.12. The van der Waals surface area contributed by atoms with Crippen LogP contribution >= 0.6 is 0 Å². The zero-order valence-corrected chi connectivity index (χ0v) is 18.6. The fraction of sp³-hybridized carbons (Fsp3) is 0.143. The highest BCUT2D eigenvalue weighted by Crippen LogP contribution is 2.44. The molecule has 0 spiro atoms. The van der Waals surface area contributed by atoms with Gasteiger partial charge in [0.25, 0.3) is 0 Å². The SMILES string of the molecule is CN1C=NN(c2ccc3c(c2)N(c2cccc(-c4ccccn4)c2)c2ccccc2CC3)C1. The van der Waals surface area contributed by atoms with Crippen molar-refractivity contribution in [2.75, 3.05) is 23.6 Å². The molecule has 4 aromatic rings. The largest absolute Gasteiger partial charge is 0.345 e. The van der Waals surface area contributed by atoms with E-state index in [9.17, 15) is 0 Å². The molecule has 0 saturated heterocycles. The summed E-state index contributed by atoms with van der Waals surface area (Å²) >= 11 is 0. The summed E-state index contributed by atoms with van der Waals surface area (Å²) in [5, 5.41) is 6.60. The van der Waals surface area contributed by atoms with E-state index in [2.05, 4.69) is 92.7 Å². The number of aromatic nitrogens is 1. The maximum Gasteiger partial charge on any atom is 0.113 e. The van der Waals surface area contributed by atoms with E-state index >= 15 is 0 Å². The molecule has 0 fully saturated rings. The van der Waals surface area contributed by atoms with Crippen LogP contribution in [0, 0.1) is 0 Å². The van der Waals surface area contributed by atoms with E-state index < -0.39 is 0 Å². The molecule has 2 aliphatic heterocycles. The Kier molecular flexibility index (Phi) is 4.80. The quantitative estimate of drug-likeness (QED) is 0.400. The fourth-order valence-electron chi connectivity index (χ4n) is 4.67. The van der Waals surface area contributed by atoms with Crippen LogP contribution < -0.4 is 9.91 Å². The number of benzene rings is 3. The molecule has 0 N–H and O–H groups in total. The molecule has 0 radical (unpaired) electrons. The first kappa shape index (κ1) is 19.6. The third kappa shape index (κ3) is 3.61. The van der Waals surface area contributed by atoms with Crippen LogP contribution in [0.4, 0.5) is 22.7 Å². The van der Waals surface area contributed by atoms with Crippen LogP contribution in [0.2, 0.25) is 0 Å². The van der Waals surface area contributed by atoms with E-state index in [0.717, 1.165) is 42.1 Å². The Morgan fingerprint density at radius 3 is 2.39 bits per heavy atom. The van der Waals surface area contributed by atoms with Crippen LogP contribution in [-0.2, 0) is 12.8 Å². The van der Waals surface area contributed by atoms with Crippen LogP contribution in [0.25, 0.3) is 11.3 Å². The zero-order chi connectivity index (χ0) is 22.2. The zero-order valence-electron chi connectivity index (χ0n) is 18.6. The molecule has 0 bridgehead atoms. The Balaban J connectivity index is 1.52. The van der Waals surface area contributed by atoms with Crippen LogP contribution in [0.1, 0.15) is 11.1 Å². The van der Waals surface area contributed by atoms with E-state index in [1.807, 2.05) is 36.7 Å². The maximum atomic E-state index is 4.57. The second kappa shape index (κ2) is 8.10. The molecule has 3 aromatic carbocycles. The molecule has 0 aliphatic carbocycles. The monoisotopic (exact) mass is 431 g/mol. The average molecular weight is 432 g/mol. The van der Waals surface area contributed by atoms with Gasteiger partial charge in [-0.05, 0) is 66.4 Å². The second-order valence-corrected chi connectivity index (χ2v) is 8.57. The molecule has 5 nitrogen and oxygen atoms in total. The number of fused-ring (bicyclic) bond motifs is 2. The van der Waals surface area contributed by atoms with Crippen molar-refractivity contribution in [3.05, 3.63) is 102 Å². The van der Waals surface area contributed by atoms with Gasteiger partial charge in [0.1, 0.15) is 13.0 Å². The summed E-state index contributed by atoms with van der Waals surface area (Å²) in [6.45, 7) is 0.754. The highest BCUT2D eigenvalue weighted by molar-refractivity contribution is 5.85.